The molecule has 1 aromatic rings. The molecule has 19 heavy (non-hydrogen) atoms. The molecule has 1 amide bonds. The summed E-state index contributed by atoms with van der Waals surface area (Å²) in [5, 5.41) is 11.9. The number of halogens is 2. The van der Waals surface area contributed by atoms with Gasteiger partial charge in [0.2, 0.25) is 0 Å². The van der Waals surface area contributed by atoms with Crippen molar-refractivity contribution in [1.82, 2.24) is 4.90 Å². The summed E-state index contributed by atoms with van der Waals surface area (Å²) in [6, 6.07) is 5.08. The van der Waals surface area contributed by atoms with Crippen LogP contribution < -0.4 is 5.73 Å². The van der Waals surface area contributed by atoms with Crippen LogP contribution >= 0.6 is 27.5 Å². The number of hydrogen-bond acceptors (Lipinski definition) is 3. The van der Waals surface area contributed by atoms with Gasteiger partial charge in [0.1, 0.15) is 5.84 Å². The Bertz CT molecular complexity index is 508. The lowest BCUT2D eigenvalue weighted by molar-refractivity contribution is 0.0786. The highest BCUT2D eigenvalue weighted by atomic mass is 79.9. The Morgan fingerprint density at radius 2 is 2.26 bits per heavy atom. The summed E-state index contributed by atoms with van der Waals surface area (Å²) in [5.41, 5.74) is 5.89. The first-order valence-corrected chi connectivity index (χ1v) is 6.71. The van der Waals surface area contributed by atoms with Crippen molar-refractivity contribution in [3.8, 4) is 0 Å². The van der Waals surface area contributed by atoms with Gasteiger partial charge in [-0.25, -0.2) is 0 Å². The van der Waals surface area contributed by atoms with Crippen LogP contribution in [0.25, 0.3) is 0 Å². The molecular formula is C12H15BrClN3O2. The number of amides is 1. The third-order valence-corrected chi connectivity index (χ3v) is 3.50. The quantitative estimate of drug-likeness (QED) is 0.380. The van der Waals surface area contributed by atoms with E-state index in [1.165, 1.54) is 4.90 Å². The highest BCUT2D eigenvalue weighted by molar-refractivity contribution is 9.10. The van der Waals surface area contributed by atoms with Gasteiger partial charge < -0.3 is 15.8 Å². The normalized spacial score (nSPS) is 13.2. The van der Waals surface area contributed by atoms with Crippen LogP contribution in [0.1, 0.15) is 17.3 Å². The predicted octanol–water partition coefficient (Wildman–Crippen LogP) is 2.56. The van der Waals surface area contributed by atoms with Gasteiger partial charge in [-0.05, 0) is 18.2 Å². The lowest BCUT2D eigenvalue weighted by Gasteiger charge is -2.21. The van der Waals surface area contributed by atoms with Gasteiger partial charge in [0.15, 0.2) is 0 Å². The van der Waals surface area contributed by atoms with Crippen LogP contribution in [0, 0.1) is 5.92 Å². The number of rotatable bonds is 4. The largest absolute Gasteiger partial charge is 0.409 e. The number of hydrogen-bond donors (Lipinski definition) is 2. The fourth-order valence-electron chi connectivity index (χ4n) is 1.55. The van der Waals surface area contributed by atoms with E-state index in [4.69, 9.17) is 22.5 Å². The molecule has 0 spiro atoms. The predicted molar refractivity (Wildman–Crippen MR) is 78.7 cm³/mol. The molecule has 5 nitrogen and oxygen atoms in total. The van der Waals surface area contributed by atoms with Gasteiger partial charge in [0.25, 0.3) is 5.91 Å². The summed E-state index contributed by atoms with van der Waals surface area (Å²) >= 11 is 9.30. The maximum Gasteiger partial charge on any atom is 0.255 e. The van der Waals surface area contributed by atoms with Gasteiger partial charge in [0.05, 0.1) is 10.6 Å². The summed E-state index contributed by atoms with van der Waals surface area (Å²) in [5.74, 6) is -0.381. The van der Waals surface area contributed by atoms with Gasteiger partial charge in [-0.3, -0.25) is 4.79 Å². The second kappa shape index (κ2) is 6.77. The van der Waals surface area contributed by atoms with E-state index in [1.54, 1.807) is 32.2 Å². The zero-order chi connectivity index (χ0) is 14.6. The zero-order valence-corrected chi connectivity index (χ0v) is 12.9. The number of benzene rings is 1. The fourth-order valence-corrected chi connectivity index (χ4v) is 2.11. The summed E-state index contributed by atoms with van der Waals surface area (Å²) in [7, 11) is 1.64. The molecule has 0 heterocycles. The molecule has 1 aromatic carbocycles. The third-order valence-electron chi connectivity index (χ3n) is 2.67. The first-order valence-electron chi connectivity index (χ1n) is 5.54. The summed E-state index contributed by atoms with van der Waals surface area (Å²) in [6.45, 7) is 2.10. The molecule has 0 aliphatic heterocycles. The Kier molecular flexibility index (Phi) is 5.62. The van der Waals surface area contributed by atoms with Crippen molar-refractivity contribution in [2.45, 2.75) is 6.92 Å². The molecule has 0 bridgehead atoms. The van der Waals surface area contributed by atoms with Crippen molar-refractivity contribution in [3.63, 3.8) is 0 Å². The molecule has 0 saturated heterocycles. The van der Waals surface area contributed by atoms with E-state index >= 15 is 0 Å². The average Bonchev–Trinajstić information content (AvgIpc) is 2.39. The molecule has 0 fully saturated rings. The van der Waals surface area contributed by atoms with Crippen LogP contribution in [0.5, 0.6) is 0 Å². The van der Waals surface area contributed by atoms with Crippen molar-refractivity contribution in [2.24, 2.45) is 16.8 Å². The van der Waals surface area contributed by atoms with E-state index in [2.05, 4.69) is 21.1 Å². The lowest BCUT2D eigenvalue weighted by atomic mass is 10.1. The van der Waals surface area contributed by atoms with Crippen molar-refractivity contribution >= 4 is 39.3 Å². The minimum atomic E-state index is -0.245. The fraction of sp³-hybridized carbons (Fsp3) is 0.333. The molecule has 104 valence electrons. The number of nitrogens with zero attached hydrogens (tertiary/aromatic N) is 2. The molecular weight excluding hydrogens is 334 g/mol. The maximum atomic E-state index is 12.2. The zero-order valence-electron chi connectivity index (χ0n) is 10.6. The van der Waals surface area contributed by atoms with E-state index in [9.17, 15) is 4.79 Å². The molecule has 0 aromatic heterocycles. The second-order valence-corrected chi connectivity index (χ2v) is 5.56. The Morgan fingerprint density at radius 3 is 2.84 bits per heavy atom. The van der Waals surface area contributed by atoms with E-state index in [-0.39, 0.29) is 17.7 Å². The van der Waals surface area contributed by atoms with Crippen molar-refractivity contribution in [1.29, 1.82) is 0 Å². The summed E-state index contributed by atoms with van der Waals surface area (Å²) in [6.07, 6.45) is 0. The monoisotopic (exact) mass is 347 g/mol. The van der Waals surface area contributed by atoms with Gasteiger partial charge in [-0.2, -0.15) is 0 Å². The van der Waals surface area contributed by atoms with Crippen LogP contribution in [0.15, 0.2) is 27.8 Å². The molecule has 0 aliphatic rings. The third kappa shape index (κ3) is 4.11. The van der Waals surface area contributed by atoms with Gasteiger partial charge in [-0.1, -0.05) is 39.6 Å². The smallest absolute Gasteiger partial charge is 0.255 e. The van der Waals surface area contributed by atoms with Crippen molar-refractivity contribution < 1.29 is 10.0 Å². The number of nitrogens with two attached hydrogens (primary N) is 1. The van der Waals surface area contributed by atoms with Gasteiger partial charge in [-0.15, -0.1) is 0 Å². The van der Waals surface area contributed by atoms with Crippen molar-refractivity contribution in [2.75, 3.05) is 13.6 Å². The number of carbonyl (C=O) groups is 1. The van der Waals surface area contributed by atoms with Gasteiger partial charge >= 0.3 is 0 Å². The van der Waals surface area contributed by atoms with E-state index in [0.29, 0.717) is 17.1 Å². The standard InChI is InChI=1S/C12H15BrClN3O2/c1-7(11(15)16-19)6-17(2)12(18)9-5-8(13)3-4-10(9)14/h3-5,7,19H,6H2,1-2H3,(H2,15,16). The van der Waals surface area contributed by atoms with Crippen LogP contribution in [0.4, 0.5) is 0 Å². The Morgan fingerprint density at radius 1 is 1.63 bits per heavy atom. The highest BCUT2D eigenvalue weighted by Gasteiger charge is 2.19. The Hall–Kier alpha value is -1.27. The van der Waals surface area contributed by atoms with Crippen LogP contribution in [-0.2, 0) is 0 Å². The summed E-state index contributed by atoms with van der Waals surface area (Å²) in [4.78, 5) is 13.7. The molecule has 1 rings (SSSR count). The van der Waals surface area contributed by atoms with E-state index in [0.717, 1.165) is 4.47 Å². The summed E-state index contributed by atoms with van der Waals surface area (Å²) < 4.78 is 0.776. The second-order valence-electron chi connectivity index (χ2n) is 4.24. The Balaban J connectivity index is 2.85. The highest BCUT2D eigenvalue weighted by Crippen LogP contribution is 2.22. The maximum absolute atomic E-state index is 12.2. The minimum absolute atomic E-state index is 0.0833. The first-order chi connectivity index (χ1) is 8.86. The number of amidine groups is 1. The average molecular weight is 349 g/mol. The molecule has 3 N–H and O–H groups in total. The SMILES string of the molecule is CC(CN(C)C(=O)c1cc(Br)ccc1Cl)C(N)=NO. The topological polar surface area (TPSA) is 78.9 Å². The van der Waals surface area contributed by atoms with E-state index in [1.807, 2.05) is 0 Å². The molecule has 0 saturated carbocycles. The molecule has 1 atom stereocenters. The molecule has 7 heteroatoms. The lowest BCUT2D eigenvalue weighted by Crippen LogP contribution is -2.36. The Labute approximate surface area is 125 Å². The molecule has 0 radical (unpaired) electrons. The number of carbonyl (C=O) groups excluding carboxylic acids is 1. The van der Waals surface area contributed by atoms with E-state index < -0.39 is 0 Å². The molecule has 1 unspecified atom stereocenters. The number of oxime groups is 1. The minimum Gasteiger partial charge on any atom is -0.409 e. The van der Waals surface area contributed by atoms with Gasteiger partial charge in [0, 0.05) is 24.0 Å². The van der Waals surface area contributed by atoms with Crippen LogP contribution in [-0.4, -0.2) is 35.4 Å². The van der Waals surface area contributed by atoms with Crippen LogP contribution in [0.2, 0.25) is 5.02 Å². The first kappa shape index (κ1) is 15.8. The molecule has 0 aliphatic carbocycles. The van der Waals surface area contributed by atoms with Crippen molar-refractivity contribution in [3.05, 3.63) is 33.3 Å². The van der Waals surface area contributed by atoms with Crippen LogP contribution in [0.3, 0.4) is 0 Å².